The van der Waals surface area contributed by atoms with E-state index in [4.69, 9.17) is 23.2 Å². The van der Waals surface area contributed by atoms with E-state index in [1.54, 1.807) is 25.1 Å². The second-order valence-electron chi connectivity index (χ2n) is 8.64. The predicted molar refractivity (Wildman–Crippen MR) is 136 cm³/mol. The van der Waals surface area contributed by atoms with Crippen LogP contribution in [0.15, 0.2) is 59.8 Å². The van der Waals surface area contributed by atoms with Crippen LogP contribution in [0.4, 0.5) is 4.79 Å². The van der Waals surface area contributed by atoms with Gasteiger partial charge in [-0.05, 0) is 49.9 Å². The van der Waals surface area contributed by atoms with Crippen molar-refractivity contribution in [3.05, 3.63) is 81.0 Å². The number of amides is 4. The van der Waals surface area contributed by atoms with Gasteiger partial charge in [0.25, 0.3) is 5.91 Å². The summed E-state index contributed by atoms with van der Waals surface area (Å²) in [6, 6.07) is 13.3. The second kappa shape index (κ2) is 10.7. The molecule has 4 amide bonds. The van der Waals surface area contributed by atoms with Crippen LogP contribution in [0.2, 0.25) is 10.0 Å². The molecule has 0 saturated carbocycles. The molecule has 7 nitrogen and oxygen atoms in total. The van der Waals surface area contributed by atoms with E-state index in [-0.39, 0.29) is 24.4 Å². The smallest absolute Gasteiger partial charge is 0.322 e. The van der Waals surface area contributed by atoms with E-state index >= 15 is 0 Å². The van der Waals surface area contributed by atoms with Crippen molar-refractivity contribution < 1.29 is 14.4 Å². The summed E-state index contributed by atoms with van der Waals surface area (Å²) in [4.78, 5) is 42.4. The van der Waals surface area contributed by atoms with Crippen molar-refractivity contribution in [2.45, 2.75) is 38.8 Å². The zero-order valence-electron chi connectivity index (χ0n) is 19.7. The Bertz CT molecular complexity index is 1170. The molecule has 0 aliphatic carbocycles. The number of nitrogens with zero attached hydrogens (tertiary/aromatic N) is 2. The molecule has 2 aliphatic rings. The lowest BCUT2D eigenvalue weighted by atomic mass is 9.95. The van der Waals surface area contributed by atoms with E-state index in [9.17, 15) is 14.4 Å². The first-order valence-electron chi connectivity index (χ1n) is 11.7. The third kappa shape index (κ3) is 5.16. The topological polar surface area (TPSA) is 81.8 Å². The van der Waals surface area contributed by atoms with Gasteiger partial charge < -0.3 is 15.5 Å². The lowest BCUT2D eigenvalue weighted by Crippen LogP contribution is -2.47. The third-order valence-electron chi connectivity index (χ3n) is 6.47. The number of hydrogen-bond donors (Lipinski definition) is 2. The first-order chi connectivity index (χ1) is 16.8. The molecule has 2 heterocycles. The highest BCUT2D eigenvalue weighted by atomic mass is 35.5. The van der Waals surface area contributed by atoms with Gasteiger partial charge >= 0.3 is 6.03 Å². The SMILES string of the molecule is CCN1C(=O)N[C@@H](c2ccc(Cl)cc2Cl)C2=C1CN([C@H](C)C(=O)NCCCc1ccccc1)C2=O. The molecule has 2 atom stereocenters. The van der Waals surface area contributed by atoms with E-state index in [1.165, 1.54) is 15.4 Å². The molecule has 184 valence electrons. The third-order valence-corrected chi connectivity index (χ3v) is 7.03. The first kappa shape index (κ1) is 25.1. The van der Waals surface area contributed by atoms with E-state index in [2.05, 4.69) is 22.8 Å². The van der Waals surface area contributed by atoms with Gasteiger partial charge in [0.05, 0.1) is 23.9 Å². The van der Waals surface area contributed by atoms with Crippen LogP contribution in [0.1, 0.15) is 37.4 Å². The summed E-state index contributed by atoms with van der Waals surface area (Å²) in [5.41, 5.74) is 2.83. The summed E-state index contributed by atoms with van der Waals surface area (Å²) in [5, 5.41) is 6.65. The van der Waals surface area contributed by atoms with Crippen molar-refractivity contribution in [3.8, 4) is 0 Å². The highest BCUT2D eigenvalue weighted by Crippen LogP contribution is 2.39. The van der Waals surface area contributed by atoms with Crippen molar-refractivity contribution in [3.63, 3.8) is 0 Å². The maximum atomic E-state index is 13.6. The molecule has 2 N–H and O–H groups in total. The molecule has 0 unspecified atom stereocenters. The number of urea groups is 1. The number of benzene rings is 2. The molecular formula is C26H28Cl2N4O3. The fourth-order valence-corrected chi connectivity index (χ4v) is 5.09. The summed E-state index contributed by atoms with van der Waals surface area (Å²) in [6.07, 6.45) is 1.65. The van der Waals surface area contributed by atoms with Gasteiger partial charge in [-0.1, -0.05) is 59.6 Å². The highest BCUT2D eigenvalue weighted by Gasteiger charge is 2.46. The molecule has 9 heteroatoms. The molecule has 2 aromatic rings. The Balaban J connectivity index is 1.48. The minimum absolute atomic E-state index is 0.176. The zero-order chi connectivity index (χ0) is 25.1. The fraction of sp³-hybridized carbons (Fsp3) is 0.346. The van der Waals surface area contributed by atoms with Gasteiger partial charge in [0.2, 0.25) is 5.91 Å². The van der Waals surface area contributed by atoms with E-state index in [0.29, 0.717) is 40.0 Å². The number of nitrogens with one attached hydrogen (secondary N) is 2. The van der Waals surface area contributed by atoms with Gasteiger partial charge in [-0.15, -0.1) is 0 Å². The van der Waals surface area contributed by atoms with Crippen molar-refractivity contribution >= 4 is 41.0 Å². The van der Waals surface area contributed by atoms with Gasteiger partial charge in [0.15, 0.2) is 0 Å². The van der Waals surface area contributed by atoms with Crippen LogP contribution >= 0.6 is 23.2 Å². The van der Waals surface area contributed by atoms with Crippen molar-refractivity contribution in [2.24, 2.45) is 0 Å². The Morgan fingerprint density at radius 2 is 1.91 bits per heavy atom. The minimum Gasteiger partial charge on any atom is -0.354 e. The number of likely N-dealkylation sites (N-methyl/N-ethyl adjacent to an activating group) is 1. The summed E-state index contributed by atoms with van der Waals surface area (Å²) in [5.74, 6) is -0.518. The summed E-state index contributed by atoms with van der Waals surface area (Å²) in [7, 11) is 0. The van der Waals surface area contributed by atoms with Crippen LogP contribution in [0.5, 0.6) is 0 Å². The molecule has 0 radical (unpaired) electrons. The number of rotatable bonds is 8. The molecule has 2 aliphatic heterocycles. The fourth-order valence-electron chi connectivity index (χ4n) is 4.57. The standard InChI is InChI=1S/C26H28Cl2N4O3/c1-3-31-21-15-32(16(2)24(33)29-13-7-10-17-8-5-4-6-9-17)25(34)22(21)23(30-26(31)35)19-12-11-18(27)14-20(19)28/h4-6,8-9,11-12,14,16,23H,3,7,10,13,15H2,1-2H3,(H,29,33)(H,30,35)/t16-,23+/m1/s1. The maximum absolute atomic E-state index is 13.6. The van der Waals surface area contributed by atoms with Gasteiger partial charge in [-0.2, -0.15) is 0 Å². The number of carbonyl (C=O) groups is 3. The lowest BCUT2D eigenvalue weighted by Gasteiger charge is -2.33. The van der Waals surface area contributed by atoms with Gasteiger partial charge in [-0.3, -0.25) is 14.5 Å². The van der Waals surface area contributed by atoms with Gasteiger partial charge in [0, 0.05) is 23.1 Å². The molecule has 2 aromatic carbocycles. The van der Waals surface area contributed by atoms with Gasteiger partial charge in [-0.25, -0.2) is 4.79 Å². The molecule has 0 bridgehead atoms. The van der Waals surface area contributed by atoms with Crippen molar-refractivity contribution in [1.29, 1.82) is 0 Å². The maximum Gasteiger partial charge on any atom is 0.322 e. The highest BCUT2D eigenvalue weighted by molar-refractivity contribution is 6.35. The van der Waals surface area contributed by atoms with Crippen molar-refractivity contribution in [2.75, 3.05) is 19.6 Å². The van der Waals surface area contributed by atoms with E-state index in [0.717, 1.165) is 12.8 Å². The Morgan fingerprint density at radius 1 is 1.17 bits per heavy atom. The normalized spacial score (nSPS) is 18.5. The summed E-state index contributed by atoms with van der Waals surface area (Å²) in [6.45, 7) is 4.63. The molecular weight excluding hydrogens is 487 g/mol. The summed E-state index contributed by atoms with van der Waals surface area (Å²) < 4.78 is 0. The lowest BCUT2D eigenvalue weighted by molar-refractivity contribution is -0.135. The molecule has 35 heavy (non-hydrogen) atoms. The zero-order valence-corrected chi connectivity index (χ0v) is 21.2. The molecule has 0 aromatic heterocycles. The minimum atomic E-state index is -0.719. The Kier molecular flexibility index (Phi) is 7.67. The number of carbonyl (C=O) groups excluding carboxylic acids is 3. The largest absolute Gasteiger partial charge is 0.354 e. The predicted octanol–water partition coefficient (Wildman–Crippen LogP) is 4.31. The van der Waals surface area contributed by atoms with Crippen LogP contribution in [0.3, 0.4) is 0 Å². The van der Waals surface area contributed by atoms with Crippen LogP contribution in [0, 0.1) is 0 Å². The van der Waals surface area contributed by atoms with Crippen LogP contribution in [-0.4, -0.2) is 53.3 Å². The average molecular weight is 515 g/mol. The number of halogens is 2. The Labute approximate surface area is 215 Å². The van der Waals surface area contributed by atoms with E-state index < -0.39 is 12.1 Å². The molecule has 0 spiro atoms. The van der Waals surface area contributed by atoms with Crippen LogP contribution in [-0.2, 0) is 16.0 Å². The Hall–Kier alpha value is -3.03. The number of hydrogen-bond acceptors (Lipinski definition) is 3. The van der Waals surface area contributed by atoms with E-state index in [1.807, 2.05) is 25.1 Å². The number of aryl methyl sites for hydroxylation is 1. The monoisotopic (exact) mass is 514 g/mol. The molecule has 0 saturated heterocycles. The van der Waals surface area contributed by atoms with Crippen molar-refractivity contribution in [1.82, 2.24) is 20.4 Å². The molecule has 4 rings (SSSR count). The Morgan fingerprint density at radius 3 is 2.60 bits per heavy atom. The average Bonchev–Trinajstić information content (AvgIpc) is 3.18. The van der Waals surface area contributed by atoms with Crippen LogP contribution < -0.4 is 10.6 Å². The second-order valence-corrected chi connectivity index (χ2v) is 9.49. The molecule has 0 fully saturated rings. The van der Waals surface area contributed by atoms with Gasteiger partial charge in [0.1, 0.15) is 6.04 Å². The summed E-state index contributed by atoms with van der Waals surface area (Å²) >= 11 is 12.5. The first-order valence-corrected chi connectivity index (χ1v) is 12.5. The van der Waals surface area contributed by atoms with Crippen LogP contribution in [0.25, 0.3) is 0 Å². The quantitative estimate of drug-likeness (QED) is 0.514.